The van der Waals surface area contributed by atoms with Gasteiger partial charge in [0.15, 0.2) is 6.10 Å². The van der Waals surface area contributed by atoms with Gasteiger partial charge in [-0.25, -0.2) is 0 Å². The molecular weight excluding hydrogens is 336 g/mol. The van der Waals surface area contributed by atoms with Gasteiger partial charge in [-0.3, -0.25) is 9.69 Å². The minimum Gasteiger partial charge on any atom is -0.481 e. The lowest BCUT2D eigenvalue weighted by Gasteiger charge is -2.16. The molecule has 0 bridgehead atoms. The fourth-order valence-corrected chi connectivity index (χ4v) is 3.55. The molecule has 27 heavy (non-hydrogen) atoms. The predicted octanol–water partition coefficient (Wildman–Crippen LogP) is 3.98. The van der Waals surface area contributed by atoms with Crippen molar-refractivity contribution < 1.29 is 9.53 Å². The summed E-state index contributed by atoms with van der Waals surface area (Å²) in [6.45, 7) is 9.78. The first-order valence-electron chi connectivity index (χ1n) is 9.82. The fraction of sp³-hybridized carbons (Fsp3) is 0.435. The van der Waals surface area contributed by atoms with Crippen molar-refractivity contribution in [1.82, 2.24) is 10.2 Å². The smallest absolute Gasteiger partial charge is 0.261 e. The van der Waals surface area contributed by atoms with Gasteiger partial charge in [0, 0.05) is 13.1 Å². The van der Waals surface area contributed by atoms with E-state index < -0.39 is 6.10 Å². The minimum absolute atomic E-state index is 0.102. The Kier molecular flexibility index (Phi) is 6.51. The van der Waals surface area contributed by atoms with Crippen LogP contribution in [0.4, 0.5) is 0 Å². The SMILES string of the molecule is Cc1cc(C)cc(OC(C)C(=O)NCc2ccc(CN3CCCC3)cc2)c1. The molecule has 1 amide bonds. The second-order valence-electron chi connectivity index (χ2n) is 7.60. The number of carbonyl (C=O) groups is 1. The summed E-state index contributed by atoms with van der Waals surface area (Å²) in [6.07, 6.45) is 2.10. The third kappa shape index (κ3) is 5.83. The molecule has 0 spiro atoms. The van der Waals surface area contributed by atoms with Crippen LogP contribution in [0.2, 0.25) is 0 Å². The number of aryl methyl sites for hydroxylation is 2. The molecule has 1 heterocycles. The lowest BCUT2D eigenvalue weighted by atomic mass is 10.1. The normalized spacial score (nSPS) is 15.5. The zero-order valence-electron chi connectivity index (χ0n) is 16.6. The van der Waals surface area contributed by atoms with E-state index in [1.807, 2.05) is 26.0 Å². The number of ether oxygens (including phenoxy) is 1. The van der Waals surface area contributed by atoms with Crippen molar-refractivity contribution >= 4 is 5.91 Å². The van der Waals surface area contributed by atoms with Gasteiger partial charge in [-0.2, -0.15) is 0 Å². The van der Waals surface area contributed by atoms with Gasteiger partial charge in [0.2, 0.25) is 0 Å². The van der Waals surface area contributed by atoms with Crippen molar-refractivity contribution in [1.29, 1.82) is 0 Å². The number of nitrogens with zero attached hydrogens (tertiary/aromatic N) is 1. The minimum atomic E-state index is -0.527. The van der Waals surface area contributed by atoms with Gasteiger partial charge in [0.05, 0.1) is 0 Å². The average molecular weight is 367 g/mol. The van der Waals surface area contributed by atoms with E-state index in [0.29, 0.717) is 6.54 Å². The topological polar surface area (TPSA) is 41.6 Å². The molecule has 1 unspecified atom stereocenters. The number of rotatable bonds is 7. The van der Waals surface area contributed by atoms with E-state index in [9.17, 15) is 4.79 Å². The summed E-state index contributed by atoms with van der Waals surface area (Å²) in [6, 6.07) is 14.5. The maximum atomic E-state index is 12.3. The molecule has 1 aliphatic rings. The molecule has 4 heteroatoms. The van der Waals surface area contributed by atoms with Crippen molar-refractivity contribution in [3.63, 3.8) is 0 Å². The summed E-state index contributed by atoms with van der Waals surface area (Å²) in [5.74, 6) is 0.636. The number of carbonyl (C=O) groups excluding carboxylic acids is 1. The van der Waals surface area contributed by atoms with Crippen LogP contribution >= 0.6 is 0 Å². The second-order valence-corrected chi connectivity index (χ2v) is 7.60. The zero-order valence-corrected chi connectivity index (χ0v) is 16.6. The number of hydrogen-bond donors (Lipinski definition) is 1. The highest BCUT2D eigenvalue weighted by Gasteiger charge is 2.15. The predicted molar refractivity (Wildman–Crippen MR) is 109 cm³/mol. The standard InChI is InChI=1S/C23H30N2O2/c1-17-12-18(2)14-22(13-17)27-19(3)23(26)24-15-20-6-8-21(9-7-20)16-25-10-4-5-11-25/h6-9,12-14,19H,4-5,10-11,15-16H2,1-3H3,(H,24,26). The van der Waals surface area contributed by atoms with Crippen LogP contribution in [0.3, 0.4) is 0 Å². The highest BCUT2D eigenvalue weighted by Crippen LogP contribution is 2.18. The Balaban J connectivity index is 1.47. The molecule has 0 aliphatic carbocycles. The fourth-order valence-electron chi connectivity index (χ4n) is 3.55. The maximum absolute atomic E-state index is 12.3. The van der Waals surface area contributed by atoms with Gasteiger partial charge >= 0.3 is 0 Å². The second kappa shape index (κ2) is 9.05. The zero-order chi connectivity index (χ0) is 19.2. The van der Waals surface area contributed by atoms with E-state index >= 15 is 0 Å². The first kappa shape index (κ1) is 19.4. The molecule has 2 aromatic carbocycles. The Morgan fingerprint density at radius 1 is 1.04 bits per heavy atom. The molecule has 3 rings (SSSR count). The molecular formula is C23H30N2O2. The number of benzene rings is 2. The Morgan fingerprint density at radius 2 is 1.63 bits per heavy atom. The molecule has 0 saturated carbocycles. The van der Waals surface area contributed by atoms with E-state index in [1.54, 1.807) is 6.92 Å². The molecule has 0 radical (unpaired) electrons. The Hall–Kier alpha value is -2.33. The van der Waals surface area contributed by atoms with Crippen LogP contribution in [-0.2, 0) is 17.9 Å². The van der Waals surface area contributed by atoms with Crippen LogP contribution in [0.5, 0.6) is 5.75 Å². The van der Waals surface area contributed by atoms with E-state index in [1.165, 1.54) is 31.5 Å². The molecule has 1 atom stereocenters. The summed E-state index contributed by atoms with van der Waals surface area (Å²) in [5, 5.41) is 2.97. The number of likely N-dealkylation sites (tertiary alicyclic amines) is 1. The van der Waals surface area contributed by atoms with Gasteiger partial charge in [-0.05, 0) is 81.1 Å². The van der Waals surface area contributed by atoms with Gasteiger partial charge < -0.3 is 10.1 Å². The molecule has 2 aromatic rings. The first-order chi connectivity index (χ1) is 13.0. The first-order valence-corrected chi connectivity index (χ1v) is 9.82. The molecule has 1 N–H and O–H groups in total. The lowest BCUT2D eigenvalue weighted by Crippen LogP contribution is -2.35. The molecule has 0 aromatic heterocycles. The summed E-state index contributed by atoms with van der Waals surface area (Å²) in [5.41, 5.74) is 4.70. The van der Waals surface area contributed by atoms with E-state index in [2.05, 4.69) is 40.5 Å². The highest BCUT2D eigenvalue weighted by atomic mass is 16.5. The van der Waals surface area contributed by atoms with Crippen molar-refractivity contribution in [2.45, 2.75) is 52.8 Å². The molecule has 144 valence electrons. The van der Waals surface area contributed by atoms with Crippen LogP contribution < -0.4 is 10.1 Å². The summed E-state index contributed by atoms with van der Waals surface area (Å²) >= 11 is 0. The molecule has 1 fully saturated rings. The van der Waals surface area contributed by atoms with Crippen molar-refractivity contribution in [3.05, 3.63) is 64.7 Å². The Labute approximate surface area is 162 Å². The lowest BCUT2D eigenvalue weighted by molar-refractivity contribution is -0.127. The summed E-state index contributed by atoms with van der Waals surface area (Å²) in [4.78, 5) is 14.8. The van der Waals surface area contributed by atoms with Crippen molar-refractivity contribution in [2.24, 2.45) is 0 Å². The Morgan fingerprint density at radius 3 is 2.26 bits per heavy atom. The number of amides is 1. The maximum Gasteiger partial charge on any atom is 0.261 e. The van der Waals surface area contributed by atoms with Crippen LogP contribution in [0, 0.1) is 13.8 Å². The third-order valence-corrected chi connectivity index (χ3v) is 4.97. The quantitative estimate of drug-likeness (QED) is 0.806. The van der Waals surface area contributed by atoms with Gasteiger partial charge in [0.25, 0.3) is 5.91 Å². The highest BCUT2D eigenvalue weighted by molar-refractivity contribution is 5.80. The molecule has 4 nitrogen and oxygen atoms in total. The van der Waals surface area contributed by atoms with E-state index in [4.69, 9.17) is 4.74 Å². The monoisotopic (exact) mass is 366 g/mol. The summed E-state index contributed by atoms with van der Waals surface area (Å²) < 4.78 is 5.80. The average Bonchev–Trinajstić information content (AvgIpc) is 3.13. The number of nitrogens with one attached hydrogen (secondary N) is 1. The van der Waals surface area contributed by atoms with E-state index in [-0.39, 0.29) is 5.91 Å². The van der Waals surface area contributed by atoms with Gasteiger partial charge in [0.1, 0.15) is 5.75 Å². The molecule has 1 saturated heterocycles. The van der Waals surface area contributed by atoms with Crippen molar-refractivity contribution in [2.75, 3.05) is 13.1 Å². The summed E-state index contributed by atoms with van der Waals surface area (Å²) in [7, 11) is 0. The van der Waals surface area contributed by atoms with Crippen LogP contribution in [0.25, 0.3) is 0 Å². The van der Waals surface area contributed by atoms with Crippen molar-refractivity contribution in [3.8, 4) is 5.75 Å². The van der Waals surface area contributed by atoms with Crippen LogP contribution in [0.15, 0.2) is 42.5 Å². The van der Waals surface area contributed by atoms with Gasteiger partial charge in [-0.15, -0.1) is 0 Å². The van der Waals surface area contributed by atoms with Crippen LogP contribution in [0.1, 0.15) is 42.0 Å². The largest absolute Gasteiger partial charge is 0.481 e. The molecule has 1 aliphatic heterocycles. The Bertz CT molecular complexity index is 744. The van der Waals surface area contributed by atoms with Gasteiger partial charge in [-0.1, -0.05) is 30.3 Å². The third-order valence-electron chi connectivity index (χ3n) is 4.97. The van der Waals surface area contributed by atoms with E-state index in [0.717, 1.165) is 29.0 Å². The van der Waals surface area contributed by atoms with Crippen LogP contribution in [-0.4, -0.2) is 30.0 Å². The number of hydrogen-bond acceptors (Lipinski definition) is 3.